The summed E-state index contributed by atoms with van der Waals surface area (Å²) in [6, 6.07) is 16.8. The number of aromatic nitrogens is 2. The van der Waals surface area contributed by atoms with Gasteiger partial charge in [0.05, 0.1) is 17.1 Å². The molecule has 2 aromatic carbocycles. The Balaban J connectivity index is 1.42. The SMILES string of the molecule is CC(NS(=O)(=O)/C=C/c1nn(-c2ccc(F)cc2)c2c1CCCC2CCc1ccccc1)C1CCCCC1. The first-order chi connectivity index (χ1) is 18.4. The van der Waals surface area contributed by atoms with Gasteiger partial charge in [0.15, 0.2) is 0 Å². The van der Waals surface area contributed by atoms with Gasteiger partial charge in [-0.15, -0.1) is 0 Å². The molecule has 2 unspecified atom stereocenters. The minimum absolute atomic E-state index is 0.0852. The Morgan fingerprint density at radius 3 is 2.50 bits per heavy atom. The summed E-state index contributed by atoms with van der Waals surface area (Å²) in [6.07, 6.45) is 12.3. The van der Waals surface area contributed by atoms with Crippen molar-refractivity contribution in [2.45, 2.75) is 83.1 Å². The Labute approximate surface area is 226 Å². The summed E-state index contributed by atoms with van der Waals surface area (Å²) in [5.41, 5.74) is 5.01. The van der Waals surface area contributed by atoms with Crippen molar-refractivity contribution in [3.63, 3.8) is 0 Å². The Hall–Kier alpha value is -2.77. The average Bonchev–Trinajstić information content (AvgIpc) is 3.31. The smallest absolute Gasteiger partial charge is 0.234 e. The molecular formula is C31H38FN3O2S. The fourth-order valence-corrected chi connectivity index (χ4v) is 7.28. The third kappa shape index (κ3) is 6.44. The number of sulfonamides is 1. The predicted octanol–water partition coefficient (Wildman–Crippen LogP) is 6.92. The van der Waals surface area contributed by atoms with Crippen molar-refractivity contribution in [3.05, 3.63) is 88.3 Å². The van der Waals surface area contributed by atoms with Crippen molar-refractivity contribution in [1.29, 1.82) is 0 Å². The highest BCUT2D eigenvalue weighted by atomic mass is 32.2. The summed E-state index contributed by atoms with van der Waals surface area (Å²) in [6.45, 7) is 1.98. The number of nitrogens with one attached hydrogen (secondary N) is 1. The number of aryl methyl sites for hydroxylation is 1. The van der Waals surface area contributed by atoms with Gasteiger partial charge in [0.25, 0.3) is 0 Å². The number of fused-ring (bicyclic) bond motifs is 1. The molecule has 7 heteroatoms. The van der Waals surface area contributed by atoms with Crippen LogP contribution < -0.4 is 4.72 Å². The molecule has 5 rings (SSSR count). The zero-order valence-corrected chi connectivity index (χ0v) is 23.0. The van der Waals surface area contributed by atoms with Crippen LogP contribution in [0.25, 0.3) is 11.8 Å². The molecule has 38 heavy (non-hydrogen) atoms. The van der Waals surface area contributed by atoms with Crippen LogP contribution in [0.15, 0.2) is 60.0 Å². The number of hydrogen-bond donors (Lipinski definition) is 1. The van der Waals surface area contributed by atoms with E-state index in [-0.39, 0.29) is 11.9 Å². The molecule has 202 valence electrons. The molecule has 1 fully saturated rings. The standard InChI is InChI=1S/C31H38FN3O2S/c1-23(25-11-6-3-7-12-25)34-38(36,37)22-21-30-29-14-8-13-26(16-15-24-9-4-2-5-10-24)31(29)35(33-30)28-19-17-27(32)18-20-28/h2,4-5,9-10,17-23,25-26,34H,3,6-8,11-16H2,1H3/b22-21+. The summed E-state index contributed by atoms with van der Waals surface area (Å²) in [4.78, 5) is 0. The average molecular weight is 536 g/mol. The molecule has 0 bridgehead atoms. The first-order valence-corrected chi connectivity index (χ1v) is 15.6. The van der Waals surface area contributed by atoms with Crippen LogP contribution in [0.2, 0.25) is 0 Å². The van der Waals surface area contributed by atoms with Crippen molar-refractivity contribution in [1.82, 2.24) is 14.5 Å². The third-order valence-corrected chi connectivity index (χ3v) is 9.42. The van der Waals surface area contributed by atoms with Crippen LogP contribution in [0.5, 0.6) is 0 Å². The van der Waals surface area contributed by atoms with E-state index >= 15 is 0 Å². The normalized spacial score (nSPS) is 19.5. The fourth-order valence-electron chi connectivity index (χ4n) is 6.18. The van der Waals surface area contributed by atoms with E-state index < -0.39 is 10.0 Å². The minimum Gasteiger partial charge on any atom is -0.237 e. The second-order valence-electron chi connectivity index (χ2n) is 10.9. The molecule has 1 saturated carbocycles. The number of hydrogen-bond acceptors (Lipinski definition) is 3. The third-order valence-electron chi connectivity index (χ3n) is 8.23. The number of nitrogens with zero attached hydrogens (tertiary/aromatic N) is 2. The second kappa shape index (κ2) is 12.0. The number of benzene rings is 2. The lowest BCUT2D eigenvalue weighted by atomic mass is 9.83. The van der Waals surface area contributed by atoms with E-state index in [1.807, 2.05) is 17.7 Å². The molecule has 1 N–H and O–H groups in total. The summed E-state index contributed by atoms with van der Waals surface area (Å²) >= 11 is 0. The molecule has 1 aromatic heterocycles. The molecular weight excluding hydrogens is 497 g/mol. The van der Waals surface area contributed by atoms with E-state index in [1.54, 1.807) is 18.2 Å². The fraction of sp³-hybridized carbons (Fsp3) is 0.452. The zero-order valence-electron chi connectivity index (χ0n) is 22.2. The molecule has 2 aliphatic rings. The van der Waals surface area contributed by atoms with Crippen molar-refractivity contribution >= 4 is 16.1 Å². The Kier molecular flexibility index (Phi) is 8.44. The number of rotatable bonds is 9. The minimum atomic E-state index is -3.61. The Morgan fingerprint density at radius 2 is 1.76 bits per heavy atom. The molecule has 2 atom stereocenters. The monoisotopic (exact) mass is 535 g/mol. The van der Waals surface area contributed by atoms with E-state index in [4.69, 9.17) is 5.10 Å². The maximum atomic E-state index is 13.7. The predicted molar refractivity (Wildman–Crippen MR) is 151 cm³/mol. The molecule has 1 heterocycles. The molecule has 0 radical (unpaired) electrons. The summed E-state index contributed by atoms with van der Waals surface area (Å²) in [5, 5.41) is 6.16. The van der Waals surface area contributed by atoms with E-state index in [0.29, 0.717) is 17.5 Å². The van der Waals surface area contributed by atoms with Gasteiger partial charge in [-0.3, -0.25) is 0 Å². The van der Waals surface area contributed by atoms with Gasteiger partial charge in [-0.1, -0.05) is 49.6 Å². The molecule has 0 saturated heterocycles. The van der Waals surface area contributed by atoms with Crippen molar-refractivity contribution in [2.24, 2.45) is 5.92 Å². The van der Waals surface area contributed by atoms with Crippen LogP contribution in [0, 0.1) is 11.7 Å². The van der Waals surface area contributed by atoms with Crippen LogP contribution in [0.4, 0.5) is 4.39 Å². The van der Waals surface area contributed by atoms with Crippen LogP contribution in [0.3, 0.4) is 0 Å². The molecule has 0 spiro atoms. The van der Waals surface area contributed by atoms with Crippen molar-refractivity contribution in [2.75, 3.05) is 0 Å². The highest BCUT2D eigenvalue weighted by Crippen LogP contribution is 2.38. The lowest BCUT2D eigenvalue weighted by Crippen LogP contribution is -2.37. The van der Waals surface area contributed by atoms with Gasteiger partial charge < -0.3 is 0 Å². The topological polar surface area (TPSA) is 64.0 Å². The largest absolute Gasteiger partial charge is 0.237 e. The van der Waals surface area contributed by atoms with E-state index in [1.165, 1.54) is 42.4 Å². The van der Waals surface area contributed by atoms with Gasteiger partial charge in [0.1, 0.15) is 5.82 Å². The Morgan fingerprint density at radius 1 is 1.03 bits per heavy atom. The lowest BCUT2D eigenvalue weighted by molar-refractivity contribution is 0.303. The summed E-state index contributed by atoms with van der Waals surface area (Å²) in [7, 11) is -3.61. The van der Waals surface area contributed by atoms with Gasteiger partial charge in [-0.25, -0.2) is 22.2 Å². The zero-order chi connectivity index (χ0) is 26.5. The van der Waals surface area contributed by atoms with E-state index in [9.17, 15) is 12.8 Å². The van der Waals surface area contributed by atoms with Crippen molar-refractivity contribution in [3.8, 4) is 5.69 Å². The maximum absolute atomic E-state index is 13.7. The van der Waals surface area contributed by atoms with Crippen LogP contribution in [0.1, 0.15) is 86.7 Å². The summed E-state index contributed by atoms with van der Waals surface area (Å²) < 4.78 is 44.5. The van der Waals surface area contributed by atoms with E-state index in [2.05, 4.69) is 29.0 Å². The maximum Gasteiger partial charge on any atom is 0.234 e. The van der Waals surface area contributed by atoms with E-state index in [0.717, 1.165) is 61.9 Å². The molecule has 3 aromatic rings. The molecule has 2 aliphatic carbocycles. The quantitative estimate of drug-likeness (QED) is 0.323. The molecule has 0 amide bonds. The first-order valence-electron chi connectivity index (χ1n) is 14.0. The first kappa shape index (κ1) is 26.8. The molecule has 0 aliphatic heterocycles. The van der Waals surface area contributed by atoms with Crippen LogP contribution in [-0.4, -0.2) is 24.2 Å². The highest BCUT2D eigenvalue weighted by molar-refractivity contribution is 7.92. The van der Waals surface area contributed by atoms with Gasteiger partial charge in [0, 0.05) is 22.9 Å². The Bertz CT molecular complexity index is 1340. The number of halogens is 1. The van der Waals surface area contributed by atoms with Gasteiger partial charge in [-0.2, -0.15) is 5.10 Å². The second-order valence-corrected chi connectivity index (χ2v) is 12.5. The van der Waals surface area contributed by atoms with Crippen LogP contribution >= 0.6 is 0 Å². The van der Waals surface area contributed by atoms with Gasteiger partial charge in [0.2, 0.25) is 10.0 Å². The van der Waals surface area contributed by atoms with Gasteiger partial charge in [-0.05, 0) is 93.7 Å². The van der Waals surface area contributed by atoms with Crippen LogP contribution in [-0.2, 0) is 22.9 Å². The molecule has 5 nitrogen and oxygen atoms in total. The summed E-state index contributed by atoms with van der Waals surface area (Å²) in [5.74, 6) is 0.391. The van der Waals surface area contributed by atoms with Crippen molar-refractivity contribution < 1.29 is 12.8 Å². The highest BCUT2D eigenvalue weighted by Gasteiger charge is 2.29. The van der Waals surface area contributed by atoms with Gasteiger partial charge >= 0.3 is 0 Å². The lowest BCUT2D eigenvalue weighted by Gasteiger charge is -2.27.